The van der Waals surface area contributed by atoms with Gasteiger partial charge in [0.25, 0.3) is 0 Å². The van der Waals surface area contributed by atoms with Gasteiger partial charge in [0.2, 0.25) is 11.8 Å². The molecular formula is C24H42N2O4S. The van der Waals surface area contributed by atoms with Gasteiger partial charge >= 0.3 is 5.97 Å². The van der Waals surface area contributed by atoms with Crippen LogP contribution in [0.5, 0.6) is 0 Å². The van der Waals surface area contributed by atoms with E-state index in [0.29, 0.717) is 11.2 Å². The first kappa shape index (κ1) is 31.2. The Morgan fingerprint density at radius 1 is 1.13 bits per heavy atom. The third-order valence-electron chi connectivity index (χ3n) is 3.56. The number of carbonyl (C=O) groups excluding carboxylic acids is 3. The number of carbonyl (C=O) groups is 3. The molecule has 0 aliphatic heterocycles. The zero-order valence-corrected chi connectivity index (χ0v) is 21.4. The molecular weight excluding hydrogens is 412 g/mol. The van der Waals surface area contributed by atoms with E-state index in [0.717, 1.165) is 6.42 Å². The highest BCUT2D eigenvalue weighted by molar-refractivity contribution is 8.00. The highest BCUT2D eigenvalue weighted by Gasteiger charge is 2.15. The van der Waals surface area contributed by atoms with Crippen LogP contribution in [0.4, 0.5) is 0 Å². The van der Waals surface area contributed by atoms with Crippen LogP contribution < -0.4 is 10.6 Å². The molecule has 1 atom stereocenters. The monoisotopic (exact) mass is 454 g/mol. The van der Waals surface area contributed by atoms with Crippen LogP contribution in [0.3, 0.4) is 0 Å². The molecule has 0 heterocycles. The van der Waals surface area contributed by atoms with Gasteiger partial charge < -0.3 is 15.4 Å². The molecule has 0 aromatic carbocycles. The molecule has 0 saturated heterocycles. The molecule has 2 amide bonds. The Morgan fingerprint density at radius 2 is 1.77 bits per heavy atom. The summed E-state index contributed by atoms with van der Waals surface area (Å²) in [4.78, 5) is 33.3. The van der Waals surface area contributed by atoms with Crippen molar-refractivity contribution in [2.45, 2.75) is 79.0 Å². The lowest BCUT2D eigenvalue weighted by molar-refractivity contribution is -0.143. The SMILES string of the molecule is CC1=CC=CC=CC1.CCOC(=O)CNC(=O)C(C)NC(=O)CC.CCSC(C)(C)C. The number of amides is 2. The average molecular weight is 455 g/mol. The second-order valence-electron chi connectivity index (χ2n) is 7.74. The first-order valence-electron chi connectivity index (χ1n) is 10.8. The summed E-state index contributed by atoms with van der Waals surface area (Å²) in [6, 6.07) is -0.651. The molecule has 0 bridgehead atoms. The molecule has 0 spiro atoms. The Balaban J connectivity index is 0. The molecule has 0 saturated carbocycles. The summed E-state index contributed by atoms with van der Waals surface area (Å²) < 4.78 is 5.10. The van der Waals surface area contributed by atoms with E-state index < -0.39 is 17.9 Å². The van der Waals surface area contributed by atoms with Gasteiger partial charge in [-0.25, -0.2) is 0 Å². The van der Waals surface area contributed by atoms with E-state index in [1.165, 1.54) is 11.3 Å². The minimum absolute atomic E-state index is 0.182. The van der Waals surface area contributed by atoms with Crippen molar-refractivity contribution in [1.29, 1.82) is 0 Å². The van der Waals surface area contributed by atoms with E-state index in [1.807, 2.05) is 11.8 Å². The van der Waals surface area contributed by atoms with Crippen LogP contribution >= 0.6 is 11.8 Å². The lowest BCUT2D eigenvalue weighted by atomic mass is 10.2. The van der Waals surface area contributed by atoms with Crippen molar-refractivity contribution in [3.8, 4) is 0 Å². The summed E-state index contributed by atoms with van der Waals surface area (Å²) in [6.45, 7) is 16.1. The molecule has 0 fully saturated rings. The summed E-state index contributed by atoms with van der Waals surface area (Å²) in [6.07, 6.45) is 11.9. The second-order valence-corrected chi connectivity index (χ2v) is 9.83. The van der Waals surface area contributed by atoms with Crippen molar-refractivity contribution < 1.29 is 19.1 Å². The van der Waals surface area contributed by atoms with Crippen molar-refractivity contribution in [2.75, 3.05) is 18.9 Å². The van der Waals surface area contributed by atoms with Gasteiger partial charge in [0.1, 0.15) is 12.6 Å². The van der Waals surface area contributed by atoms with E-state index in [4.69, 9.17) is 0 Å². The van der Waals surface area contributed by atoms with Crippen LogP contribution in [0.2, 0.25) is 0 Å². The molecule has 6 nitrogen and oxygen atoms in total. The quantitative estimate of drug-likeness (QED) is 0.551. The highest BCUT2D eigenvalue weighted by atomic mass is 32.2. The molecule has 31 heavy (non-hydrogen) atoms. The number of hydrogen-bond donors (Lipinski definition) is 2. The van der Waals surface area contributed by atoms with Crippen LogP contribution in [-0.4, -0.2) is 47.5 Å². The predicted octanol–water partition coefficient (Wildman–Crippen LogP) is 4.57. The number of thioether (sulfide) groups is 1. The number of rotatable bonds is 7. The smallest absolute Gasteiger partial charge is 0.325 e. The Morgan fingerprint density at radius 3 is 2.26 bits per heavy atom. The van der Waals surface area contributed by atoms with E-state index in [2.05, 4.69) is 80.4 Å². The Bertz CT molecular complexity index is 620. The number of nitrogens with one attached hydrogen (secondary N) is 2. The first-order valence-corrected chi connectivity index (χ1v) is 11.8. The third-order valence-corrected chi connectivity index (χ3v) is 4.72. The molecule has 1 unspecified atom stereocenters. The molecule has 0 aromatic heterocycles. The van der Waals surface area contributed by atoms with Gasteiger partial charge in [0.05, 0.1) is 6.61 Å². The van der Waals surface area contributed by atoms with Crippen molar-refractivity contribution in [1.82, 2.24) is 10.6 Å². The fraction of sp³-hybridized carbons (Fsp3) is 0.625. The molecule has 7 heteroatoms. The summed E-state index contributed by atoms with van der Waals surface area (Å²) >= 11 is 1.99. The maximum absolute atomic E-state index is 11.4. The van der Waals surface area contributed by atoms with Gasteiger partial charge in [-0.15, -0.1) is 0 Å². The fourth-order valence-corrected chi connectivity index (χ4v) is 2.92. The van der Waals surface area contributed by atoms with E-state index in [-0.39, 0.29) is 19.1 Å². The molecule has 0 aromatic rings. The van der Waals surface area contributed by atoms with E-state index in [9.17, 15) is 14.4 Å². The van der Waals surface area contributed by atoms with Crippen LogP contribution in [0.1, 0.15) is 68.2 Å². The van der Waals surface area contributed by atoms with Crippen molar-refractivity contribution in [3.63, 3.8) is 0 Å². The summed E-state index contributed by atoms with van der Waals surface area (Å²) in [7, 11) is 0. The Labute approximate surface area is 193 Å². The number of allylic oxidation sites excluding steroid dienone is 6. The zero-order chi connectivity index (χ0) is 24.3. The Hall–Kier alpha value is -2.02. The summed E-state index contributed by atoms with van der Waals surface area (Å²) in [5.74, 6) is 0.113. The lowest BCUT2D eigenvalue weighted by Crippen LogP contribution is -2.46. The van der Waals surface area contributed by atoms with Gasteiger partial charge in [-0.2, -0.15) is 11.8 Å². The lowest BCUT2D eigenvalue weighted by Gasteiger charge is -2.14. The number of esters is 1. The van der Waals surface area contributed by atoms with Gasteiger partial charge in [0, 0.05) is 11.2 Å². The largest absolute Gasteiger partial charge is 0.465 e. The zero-order valence-electron chi connectivity index (χ0n) is 20.5. The van der Waals surface area contributed by atoms with Gasteiger partial charge in [-0.1, -0.05) is 70.6 Å². The fourth-order valence-electron chi connectivity index (χ4n) is 2.05. The average Bonchev–Trinajstić information content (AvgIpc) is 2.93. The van der Waals surface area contributed by atoms with Crippen LogP contribution in [0.25, 0.3) is 0 Å². The molecule has 1 aliphatic rings. The number of ether oxygens (including phenoxy) is 1. The third kappa shape index (κ3) is 22.5. The number of hydrogen-bond acceptors (Lipinski definition) is 5. The van der Waals surface area contributed by atoms with Gasteiger partial charge in [-0.05, 0) is 32.9 Å². The molecule has 2 N–H and O–H groups in total. The van der Waals surface area contributed by atoms with Gasteiger partial charge in [0.15, 0.2) is 0 Å². The van der Waals surface area contributed by atoms with Crippen LogP contribution in [0, 0.1) is 0 Å². The summed E-state index contributed by atoms with van der Waals surface area (Å²) in [5, 5.41) is 4.85. The van der Waals surface area contributed by atoms with Crippen LogP contribution in [-0.2, 0) is 19.1 Å². The minimum atomic E-state index is -0.651. The normalized spacial score (nSPS) is 13.2. The maximum Gasteiger partial charge on any atom is 0.325 e. The standard InChI is InChI=1S/C10H18N2O4.C8H10.C6H14S/c1-4-8(13)12-7(3)10(15)11-6-9(14)16-5-2;1-8-6-4-2-3-5-7-8;1-5-7-6(2,3)4/h7H,4-6H2,1-3H3,(H,11,15)(H,12,13);2-6H,7H2,1H3;5H2,1-4H3. The highest BCUT2D eigenvalue weighted by Crippen LogP contribution is 2.21. The predicted molar refractivity (Wildman–Crippen MR) is 132 cm³/mol. The van der Waals surface area contributed by atoms with Crippen molar-refractivity contribution in [3.05, 3.63) is 36.0 Å². The molecule has 1 aliphatic carbocycles. The second kappa shape index (κ2) is 18.7. The first-order chi connectivity index (χ1) is 14.5. The summed E-state index contributed by atoms with van der Waals surface area (Å²) in [5.41, 5.74) is 1.43. The molecule has 0 radical (unpaired) electrons. The van der Waals surface area contributed by atoms with E-state index in [1.54, 1.807) is 20.8 Å². The topological polar surface area (TPSA) is 84.5 Å². The maximum atomic E-state index is 11.4. The minimum Gasteiger partial charge on any atom is -0.465 e. The molecule has 178 valence electrons. The van der Waals surface area contributed by atoms with Crippen molar-refractivity contribution in [2.24, 2.45) is 0 Å². The van der Waals surface area contributed by atoms with Crippen molar-refractivity contribution >= 4 is 29.5 Å². The van der Waals surface area contributed by atoms with Crippen LogP contribution in [0.15, 0.2) is 36.0 Å². The van der Waals surface area contributed by atoms with Gasteiger partial charge in [-0.3, -0.25) is 14.4 Å². The Kier molecular flexibility index (Phi) is 18.8. The molecule has 1 rings (SSSR count). The van der Waals surface area contributed by atoms with E-state index >= 15 is 0 Å².